The molecule has 9 aromatic carbocycles. The third kappa shape index (κ3) is 3.97. The van der Waals surface area contributed by atoms with E-state index in [9.17, 15) is 0 Å². The van der Waals surface area contributed by atoms with E-state index in [1.54, 1.807) is 0 Å². The summed E-state index contributed by atoms with van der Waals surface area (Å²) in [5, 5.41) is 10.8. The first-order chi connectivity index (χ1) is 27.8. The van der Waals surface area contributed by atoms with Crippen LogP contribution in [0.4, 0.5) is 0 Å². The van der Waals surface area contributed by atoms with Gasteiger partial charge in [0.05, 0.1) is 16.7 Å². The molecular formula is C52H29N3O. The molecule has 0 saturated carbocycles. The number of furan rings is 1. The van der Waals surface area contributed by atoms with E-state index in [1.165, 1.54) is 65.6 Å². The average molecular weight is 712 g/mol. The molecule has 0 atom stereocenters. The molecule has 3 heterocycles. The first-order valence-corrected chi connectivity index (χ1v) is 19.1. The van der Waals surface area contributed by atoms with Crippen molar-refractivity contribution in [3.8, 4) is 50.6 Å². The van der Waals surface area contributed by atoms with E-state index in [0.29, 0.717) is 11.4 Å². The Labute approximate surface area is 320 Å². The molecule has 0 fully saturated rings. The molecule has 258 valence electrons. The molecule has 1 aliphatic rings. The molecule has 0 amide bonds. The Hall–Kier alpha value is -7.56. The minimum Gasteiger partial charge on any atom is -0.452 e. The summed E-state index contributed by atoms with van der Waals surface area (Å²) in [4.78, 5) is 10.6. The van der Waals surface area contributed by atoms with E-state index >= 15 is 0 Å². The second-order valence-corrected chi connectivity index (χ2v) is 14.9. The van der Waals surface area contributed by atoms with Gasteiger partial charge in [0.25, 0.3) is 0 Å². The van der Waals surface area contributed by atoms with Crippen molar-refractivity contribution in [2.75, 3.05) is 0 Å². The monoisotopic (exact) mass is 711 g/mol. The summed E-state index contributed by atoms with van der Waals surface area (Å²) in [7, 11) is 0. The van der Waals surface area contributed by atoms with Gasteiger partial charge in [0.15, 0.2) is 11.4 Å². The van der Waals surface area contributed by atoms with Gasteiger partial charge in [0, 0.05) is 32.7 Å². The average Bonchev–Trinajstić information content (AvgIpc) is 3.91. The number of hydrogen-bond donors (Lipinski definition) is 0. The highest BCUT2D eigenvalue weighted by Gasteiger charge is 2.27. The number of benzene rings is 9. The van der Waals surface area contributed by atoms with Crippen LogP contribution in [0.25, 0.3) is 127 Å². The van der Waals surface area contributed by atoms with Crippen LogP contribution in [-0.2, 0) is 0 Å². The maximum atomic E-state index is 6.44. The minimum absolute atomic E-state index is 0.669. The molecule has 0 spiro atoms. The minimum atomic E-state index is 0.669. The Morgan fingerprint density at radius 2 is 1.09 bits per heavy atom. The Kier molecular flexibility index (Phi) is 5.86. The van der Waals surface area contributed by atoms with Crippen molar-refractivity contribution in [1.82, 2.24) is 14.5 Å². The Bertz CT molecular complexity index is 3650. The van der Waals surface area contributed by atoms with Crippen LogP contribution in [-0.4, -0.2) is 14.5 Å². The van der Waals surface area contributed by atoms with Crippen molar-refractivity contribution < 1.29 is 4.42 Å². The van der Waals surface area contributed by atoms with Gasteiger partial charge < -0.3 is 8.98 Å². The van der Waals surface area contributed by atoms with Gasteiger partial charge in [-0.05, 0) is 91.6 Å². The fraction of sp³-hybridized carbons (Fsp3) is 0. The van der Waals surface area contributed by atoms with E-state index < -0.39 is 0 Å². The van der Waals surface area contributed by atoms with Crippen LogP contribution >= 0.6 is 0 Å². The lowest BCUT2D eigenvalue weighted by Crippen LogP contribution is -1.99. The van der Waals surface area contributed by atoms with Gasteiger partial charge in [0.2, 0.25) is 0 Å². The fourth-order valence-electron chi connectivity index (χ4n) is 9.50. The summed E-state index contributed by atoms with van der Waals surface area (Å²) in [6, 6.07) is 63.1. The molecule has 0 bridgehead atoms. The van der Waals surface area contributed by atoms with Crippen molar-refractivity contribution in [2.45, 2.75) is 0 Å². The third-order valence-corrected chi connectivity index (χ3v) is 11.9. The van der Waals surface area contributed by atoms with Gasteiger partial charge >= 0.3 is 0 Å². The number of aromatic nitrogens is 3. The lowest BCUT2D eigenvalue weighted by molar-refractivity contribution is 0.667. The van der Waals surface area contributed by atoms with Crippen LogP contribution < -0.4 is 0 Å². The molecule has 1 aliphatic carbocycles. The van der Waals surface area contributed by atoms with Gasteiger partial charge in [-0.25, -0.2) is 9.97 Å². The predicted octanol–water partition coefficient (Wildman–Crippen LogP) is 13.9. The zero-order valence-corrected chi connectivity index (χ0v) is 30.0. The summed E-state index contributed by atoms with van der Waals surface area (Å²) in [5.74, 6) is 0.669. The van der Waals surface area contributed by atoms with Crippen LogP contribution in [0.3, 0.4) is 0 Å². The van der Waals surface area contributed by atoms with E-state index in [1.807, 2.05) is 36.4 Å². The van der Waals surface area contributed by atoms with E-state index in [4.69, 9.17) is 14.4 Å². The third-order valence-electron chi connectivity index (χ3n) is 11.9. The van der Waals surface area contributed by atoms with Crippen molar-refractivity contribution in [2.24, 2.45) is 0 Å². The largest absolute Gasteiger partial charge is 0.452 e. The zero-order chi connectivity index (χ0) is 36.5. The quantitative estimate of drug-likeness (QED) is 0.183. The summed E-state index contributed by atoms with van der Waals surface area (Å²) >= 11 is 0. The van der Waals surface area contributed by atoms with Crippen molar-refractivity contribution in [3.63, 3.8) is 0 Å². The normalized spacial score (nSPS) is 12.3. The lowest BCUT2D eigenvalue weighted by Gasteiger charge is -2.15. The Morgan fingerprint density at radius 1 is 0.411 bits per heavy atom. The summed E-state index contributed by atoms with van der Waals surface area (Å²) < 4.78 is 8.94. The number of hydrogen-bond acceptors (Lipinski definition) is 3. The molecule has 0 aliphatic heterocycles. The van der Waals surface area contributed by atoms with Gasteiger partial charge in [-0.2, -0.15) is 0 Å². The molecule has 13 rings (SSSR count). The summed E-state index contributed by atoms with van der Waals surface area (Å²) in [6.07, 6.45) is 0. The molecule has 0 N–H and O–H groups in total. The summed E-state index contributed by atoms with van der Waals surface area (Å²) in [6.45, 7) is 0. The van der Waals surface area contributed by atoms with Crippen molar-refractivity contribution >= 4 is 76.2 Å². The summed E-state index contributed by atoms with van der Waals surface area (Å²) in [5.41, 5.74) is 13.7. The number of para-hydroxylation sites is 1. The van der Waals surface area contributed by atoms with Gasteiger partial charge in [-0.1, -0.05) is 133 Å². The lowest BCUT2D eigenvalue weighted by atomic mass is 9.97. The maximum Gasteiger partial charge on any atom is 0.180 e. The Balaban J connectivity index is 1.14. The fourth-order valence-corrected chi connectivity index (χ4v) is 9.50. The van der Waals surface area contributed by atoms with E-state index in [0.717, 1.165) is 49.8 Å². The highest BCUT2D eigenvalue weighted by Crippen LogP contribution is 2.52. The van der Waals surface area contributed by atoms with Crippen molar-refractivity contribution in [3.05, 3.63) is 176 Å². The van der Waals surface area contributed by atoms with Gasteiger partial charge in [0.1, 0.15) is 16.8 Å². The second-order valence-electron chi connectivity index (χ2n) is 14.9. The predicted molar refractivity (Wildman–Crippen MR) is 231 cm³/mol. The van der Waals surface area contributed by atoms with Crippen molar-refractivity contribution in [1.29, 1.82) is 0 Å². The first kappa shape index (κ1) is 29.8. The second kappa shape index (κ2) is 11.0. The zero-order valence-electron chi connectivity index (χ0n) is 30.0. The van der Waals surface area contributed by atoms with Gasteiger partial charge in [-0.3, -0.25) is 0 Å². The Morgan fingerprint density at radius 3 is 1.95 bits per heavy atom. The first-order valence-electron chi connectivity index (χ1n) is 19.1. The molecule has 4 heteroatoms. The topological polar surface area (TPSA) is 43.9 Å². The SMILES string of the molecule is c1ccc(-c2nc(-c3ccc(-n4c5cc6ccccc6cc5c5c6cccc7c6c(cc54)-c4ccccc4-7)c4ccccc34)nc3c2oc2ccccc23)cc1. The molecule has 4 nitrogen and oxygen atoms in total. The van der Waals surface area contributed by atoms with Crippen LogP contribution in [0.1, 0.15) is 0 Å². The highest BCUT2D eigenvalue weighted by atomic mass is 16.3. The number of fused-ring (bicyclic) bond motifs is 12. The molecule has 0 radical (unpaired) electrons. The van der Waals surface area contributed by atoms with Crippen LogP contribution in [0.15, 0.2) is 180 Å². The molecular weight excluding hydrogens is 683 g/mol. The van der Waals surface area contributed by atoms with Crippen LogP contribution in [0.2, 0.25) is 0 Å². The maximum absolute atomic E-state index is 6.44. The van der Waals surface area contributed by atoms with Gasteiger partial charge in [-0.15, -0.1) is 0 Å². The smallest absolute Gasteiger partial charge is 0.180 e. The standard InChI is InChI=1S/C52H29N3O/c1-2-13-30(14-3-1)49-51-50(39-21-10-11-24-46(39)56-51)54-52(53-49)38-25-26-43(36-20-9-8-19-35(36)38)55-44-28-32-16-5-4-15-31(32)27-42(44)48-40-23-12-22-37-33-17-6-7-18-34(33)41(47(37)40)29-45(48)55/h1-29H. The molecule has 56 heavy (non-hydrogen) atoms. The molecule has 3 aromatic heterocycles. The number of rotatable bonds is 3. The van der Waals surface area contributed by atoms with E-state index in [2.05, 4.69) is 144 Å². The molecule has 12 aromatic rings. The highest BCUT2D eigenvalue weighted by molar-refractivity contribution is 6.30. The molecule has 0 saturated heterocycles. The molecule has 0 unspecified atom stereocenters. The van der Waals surface area contributed by atoms with Crippen LogP contribution in [0, 0.1) is 0 Å². The van der Waals surface area contributed by atoms with Crippen LogP contribution in [0.5, 0.6) is 0 Å². The number of nitrogens with zero attached hydrogens (tertiary/aromatic N) is 3. The van der Waals surface area contributed by atoms with E-state index in [-0.39, 0.29) is 0 Å².